The zero-order valence-electron chi connectivity index (χ0n) is 7.04. The summed E-state index contributed by atoms with van der Waals surface area (Å²) in [5.41, 5.74) is 0.370. The third-order valence-corrected chi connectivity index (χ3v) is 1.45. The van der Waals surface area contributed by atoms with Crippen molar-refractivity contribution in [2.45, 2.75) is 6.29 Å². The van der Waals surface area contributed by atoms with Crippen LogP contribution in [0.3, 0.4) is 0 Å². The SMILES string of the molecule is O=C/C=C/C1=CC(O)OC(C(=O)[O-])=C1. The number of carbonyl (C=O) groups excluding carboxylic acids is 2. The molecule has 0 radical (unpaired) electrons. The molecule has 1 aliphatic heterocycles. The Morgan fingerprint density at radius 1 is 1.64 bits per heavy atom. The summed E-state index contributed by atoms with van der Waals surface area (Å²) in [7, 11) is 0. The van der Waals surface area contributed by atoms with E-state index in [1.54, 1.807) is 0 Å². The second kappa shape index (κ2) is 4.38. The molecule has 1 aliphatic rings. The van der Waals surface area contributed by atoms with Crippen LogP contribution in [0.15, 0.2) is 35.6 Å². The summed E-state index contributed by atoms with van der Waals surface area (Å²) in [5, 5.41) is 19.4. The van der Waals surface area contributed by atoms with Crippen molar-refractivity contribution in [2.75, 3.05) is 0 Å². The second-order valence-corrected chi connectivity index (χ2v) is 2.47. The van der Waals surface area contributed by atoms with E-state index in [0.717, 1.165) is 6.08 Å². The highest BCUT2D eigenvalue weighted by Gasteiger charge is 2.12. The zero-order chi connectivity index (χ0) is 10.6. The summed E-state index contributed by atoms with van der Waals surface area (Å²) in [5.74, 6) is -1.99. The van der Waals surface area contributed by atoms with Crippen molar-refractivity contribution in [3.8, 4) is 0 Å². The van der Waals surface area contributed by atoms with E-state index in [0.29, 0.717) is 11.9 Å². The third-order valence-electron chi connectivity index (χ3n) is 1.45. The number of aliphatic carboxylic acids is 1. The van der Waals surface area contributed by atoms with Gasteiger partial charge in [-0.2, -0.15) is 0 Å². The average molecular weight is 195 g/mol. The summed E-state index contributed by atoms with van der Waals surface area (Å²) in [4.78, 5) is 20.4. The van der Waals surface area contributed by atoms with Gasteiger partial charge < -0.3 is 19.7 Å². The Hall–Kier alpha value is -1.88. The fourth-order valence-electron chi connectivity index (χ4n) is 0.923. The molecule has 0 aromatic heterocycles. The normalized spacial score (nSPS) is 21.1. The van der Waals surface area contributed by atoms with E-state index in [1.807, 2.05) is 0 Å². The van der Waals surface area contributed by atoms with Crippen LogP contribution in [0.25, 0.3) is 0 Å². The number of ether oxygens (including phenoxy) is 1. The quantitative estimate of drug-likeness (QED) is 0.444. The minimum absolute atomic E-state index is 0.370. The van der Waals surface area contributed by atoms with Crippen LogP contribution in [0, 0.1) is 0 Å². The molecule has 74 valence electrons. The van der Waals surface area contributed by atoms with Crippen LogP contribution in [0.2, 0.25) is 0 Å². The second-order valence-electron chi connectivity index (χ2n) is 2.47. The van der Waals surface area contributed by atoms with E-state index < -0.39 is 18.0 Å². The van der Waals surface area contributed by atoms with Crippen molar-refractivity contribution < 1.29 is 24.5 Å². The standard InChI is InChI=1S/C9H8O5/c10-3-1-2-6-4-7(9(12)13)14-8(11)5-6/h1-5,8,11H,(H,12,13)/p-1/b2-1+. The lowest BCUT2D eigenvalue weighted by Crippen LogP contribution is -2.29. The lowest BCUT2D eigenvalue weighted by atomic mass is 10.1. The molecule has 0 aromatic rings. The first-order chi connectivity index (χ1) is 6.63. The highest BCUT2D eigenvalue weighted by Crippen LogP contribution is 2.15. The first-order valence-corrected chi connectivity index (χ1v) is 3.75. The molecule has 14 heavy (non-hydrogen) atoms. The molecule has 1 N–H and O–H groups in total. The number of carbonyl (C=O) groups is 2. The van der Waals surface area contributed by atoms with E-state index in [9.17, 15) is 14.7 Å². The minimum Gasteiger partial charge on any atom is -0.542 e. The number of aldehydes is 1. The Morgan fingerprint density at radius 3 is 2.93 bits per heavy atom. The van der Waals surface area contributed by atoms with Crippen molar-refractivity contribution in [1.29, 1.82) is 0 Å². The lowest BCUT2D eigenvalue weighted by Gasteiger charge is -2.18. The van der Waals surface area contributed by atoms with Crippen LogP contribution in [-0.4, -0.2) is 23.7 Å². The smallest absolute Gasteiger partial charge is 0.218 e. The molecule has 0 amide bonds. The van der Waals surface area contributed by atoms with Crippen LogP contribution in [-0.2, 0) is 14.3 Å². The number of rotatable bonds is 3. The number of aliphatic hydroxyl groups excluding tert-OH is 1. The highest BCUT2D eigenvalue weighted by molar-refractivity contribution is 5.83. The monoisotopic (exact) mass is 195 g/mol. The maximum absolute atomic E-state index is 10.4. The van der Waals surface area contributed by atoms with Crippen LogP contribution < -0.4 is 5.11 Å². The maximum atomic E-state index is 10.4. The summed E-state index contributed by atoms with van der Waals surface area (Å²) in [6.45, 7) is 0. The van der Waals surface area contributed by atoms with Gasteiger partial charge in [0.2, 0.25) is 6.29 Å². The van der Waals surface area contributed by atoms with E-state index >= 15 is 0 Å². The van der Waals surface area contributed by atoms with Gasteiger partial charge in [-0.25, -0.2) is 0 Å². The summed E-state index contributed by atoms with van der Waals surface area (Å²) in [6, 6.07) is 0. The van der Waals surface area contributed by atoms with E-state index in [2.05, 4.69) is 4.74 Å². The third kappa shape index (κ3) is 2.56. The van der Waals surface area contributed by atoms with Crippen LogP contribution in [0.5, 0.6) is 0 Å². The van der Waals surface area contributed by atoms with Gasteiger partial charge in [-0.05, 0) is 23.8 Å². The molecule has 0 aliphatic carbocycles. The molecule has 0 aromatic carbocycles. The average Bonchev–Trinajstić information content (AvgIpc) is 2.14. The Morgan fingerprint density at radius 2 is 2.36 bits per heavy atom. The van der Waals surface area contributed by atoms with Gasteiger partial charge >= 0.3 is 0 Å². The van der Waals surface area contributed by atoms with Gasteiger partial charge in [0.15, 0.2) is 0 Å². The number of allylic oxidation sites excluding steroid dienone is 4. The van der Waals surface area contributed by atoms with Gasteiger partial charge in [0, 0.05) is 0 Å². The number of hydrogen-bond acceptors (Lipinski definition) is 5. The minimum atomic E-state index is -1.52. The molecular formula is C9H7O5-. The van der Waals surface area contributed by atoms with Gasteiger partial charge in [0.25, 0.3) is 0 Å². The van der Waals surface area contributed by atoms with Crippen molar-refractivity contribution in [2.24, 2.45) is 0 Å². The fraction of sp³-hybridized carbons (Fsp3) is 0.111. The number of carboxylic acid groups (broad SMARTS) is 1. The topological polar surface area (TPSA) is 86.7 Å². The van der Waals surface area contributed by atoms with Crippen molar-refractivity contribution >= 4 is 12.3 Å². The van der Waals surface area contributed by atoms with Crippen LogP contribution in [0.4, 0.5) is 0 Å². The number of carboxylic acids is 1. The first-order valence-electron chi connectivity index (χ1n) is 3.75. The lowest BCUT2D eigenvalue weighted by molar-refractivity contribution is -0.305. The van der Waals surface area contributed by atoms with Crippen LogP contribution >= 0.6 is 0 Å². The summed E-state index contributed by atoms with van der Waals surface area (Å²) >= 11 is 0. The molecular weight excluding hydrogens is 188 g/mol. The highest BCUT2D eigenvalue weighted by atomic mass is 16.6. The predicted molar refractivity (Wildman–Crippen MR) is 43.5 cm³/mol. The van der Waals surface area contributed by atoms with Crippen molar-refractivity contribution in [1.82, 2.24) is 0 Å². The molecule has 1 atom stereocenters. The summed E-state index contributed by atoms with van der Waals surface area (Å²) < 4.78 is 4.51. The molecule has 0 saturated carbocycles. The predicted octanol–water partition coefficient (Wildman–Crippen LogP) is -1.35. The Labute approximate surface area is 79.6 Å². The molecule has 5 heteroatoms. The van der Waals surface area contributed by atoms with E-state index in [1.165, 1.54) is 18.2 Å². The number of hydrogen-bond donors (Lipinski definition) is 1. The molecule has 5 nitrogen and oxygen atoms in total. The van der Waals surface area contributed by atoms with Crippen molar-refractivity contribution in [3.63, 3.8) is 0 Å². The molecule has 1 unspecified atom stereocenters. The largest absolute Gasteiger partial charge is 0.542 e. The van der Waals surface area contributed by atoms with Gasteiger partial charge in [-0.1, -0.05) is 6.08 Å². The molecule has 0 spiro atoms. The van der Waals surface area contributed by atoms with Crippen molar-refractivity contribution in [3.05, 3.63) is 35.6 Å². The maximum Gasteiger partial charge on any atom is 0.218 e. The molecule has 0 bridgehead atoms. The molecule has 0 fully saturated rings. The van der Waals surface area contributed by atoms with E-state index in [4.69, 9.17) is 5.11 Å². The zero-order valence-corrected chi connectivity index (χ0v) is 7.04. The van der Waals surface area contributed by atoms with Gasteiger partial charge in [-0.3, -0.25) is 4.79 Å². The van der Waals surface area contributed by atoms with E-state index in [-0.39, 0.29) is 0 Å². The molecule has 1 rings (SSSR count). The first kappa shape index (κ1) is 10.2. The van der Waals surface area contributed by atoms with Crippen LogP contribution in [0.1, 0.15) is 0 Å². The van der Waals surface area contributed by atoms with Gasteiger partial charge in [0.1, 0.15) is 18.0 Å². The van der Waals surface area contributed by atoms with Gasteiger partial charge in [0.05, 0.1) is 0 Å². The Bertz CT molecular complexity index is 337. The summed E-state index contributed by atoms with van der Waals surface area (Å²) in [6.07, 6.45) is 4.14. The van der Waals surface area contributed by atoms with Gasteiger partial charge in [-0.15, -0.1) is 0 Å². The number of aliphatic hydroxyl groups is 1. The molecule has 0 saturated heterocycles. The molecule has 1 heterocycles. The Kier molecular flexibility index (Phi) is 3.19. The fourth-order valence-corrected chi connectivity index (χ4v) is 0.923. The Balaban J connectivity index is 2.89.